The van der Waals surface area contributed by atoms with Crippen molar-refractivity contribution in [2.24, 2.45) is 5.92 Å². The molecule has 158 valence electrons. The summed E-state index contributed by atoms with van der Waals surface area (Å²) in [4.78, 5) is 39.6. The molecule has 0 aromatic heterocycles. The van der Waals surface area contributed by atoms with E-state index in [0.717, 1.165) is 12.8 Å². The van der Waals surface area contributed by atoms with Gasteiger partial charge >= 0.3 is 6.09 Å². The van der Waals surface area contributed by atoms with Crippen molar-refractivity contribution in [3.8, 4) is 0 Å². The summed E-state index contributed by atoms with van der Waals surface area (Å²) in [6, 6.07) is 0.169. The van der Waals surface area contributed by atoms with Gasteiger partial charge in [-0.25, -0.2) is 4.79 Å². The van der Waals surface area contributed by atoms with Gasteiger partial charge in [0.2, 0.25) is 0 Å². The first kappa shape index (κ1) is 22.6. The molecule has 1 fully saturated rings. The van der Waals surface area contributed by atoms with Gasteiger partial charge < -0.3 is 15.0 Å². The number of fused-ring (bicyclic) bond motifs is 10. The molecule has 0 aromatic rings. The van der Waals surface area contributed by atoms with Crippen molar-refractivity contribution in [3.63, 3.8) is 0 Å². The fourth-order valence-corrected chi connectivity index (χ4v) is 3.99. The minimum absolute atomic E-state index is 0.0204. The van der Waals surface area contributed by atoms with Gasteiger partial charge in [0.1, 0.15) is 12.1 Å². The van der Waals surface area contributed by atoms with E-state index in [1.807, 2.05) is 46.8 Å². The van der Waals surface area contributed by atoms with Crippen LogP contribution in [0.3, 0.4) is 0 Å². The molecule has 1 atom stereocenters. The maximum Gasteiger partial charge on any atom is 0.410 e. The van der Waals surface area contributed by atoms with Crippen LogP contribution in [-0.2, 0) is 14.3 Å². The third kappa shape index (κ3) is 5.20. The highest BCUT2D eigenvalue weighted by Gasteiger charge is 2.52. The number of carbonyl (C=O) groups is 3. The number of hydrogen-bond acceptors (Lipinski definition) is 6. The van der Waals surface area contributed by atoms with Crippen LogP contribution in [0.1, 0.15) is 53.9 Å². The highest BCUT2D eigenvalue weighted by atomic mass is 16.6. The molecular weight excluding hydrogens is 358 g/mol. The number of amides is 1. The summed E-state index contributed by atoms with van der Waals surface area (Å²) < 4.78 is 5.25. The Labute approximate surface area is 168 Å². The average molecular weight is 394 g/mol. The first-order valence-corrected chi connectivity index (χ1v) is 10.3. The first-order valence-electron chi connectivity index (χ1n) is 10.3. The molecule has 7 nitrogen and oxygen atoms in total. The lowest BCUT2D eigenvalue weighted by Gasteiger charge is -2.49. The van der Waals surface area contributed by atoms with E-state index < -0.39 is 17.2 Å². The normalized spacial score (nSPS) is 29.9. The van der Waals surface area contributed by atoms with Crippen LogP contribution in [0, 0.1) is 5.92 Å². The first-order chi connectivity index (χ1) is 13.1. The third-order valence-electron chi connectivity index (χ3n) is 5.50. The zero-order valence-corrected chi connectivity index (χ0v) is 17.8. The lowest BCUT2D eigenvalue weighted by Crippen LogP contribution is -2.75. The summed E-state index contributed by atoms with van der Waals surface area (Å²) in [6.45, 7) is 10.4. The number of nitrogens with zero attached hydrogens (tertiary/aromatic N) is 1. The van der Waals surface area contributed by atoms with Gasteiger partial charge in [0.05, 0.1) is 25.2 Å². The zero-order chi connectivity index (χ0) is 20.9. The second-order valence-corrected chi connectivity index (χ2v) is 8.81. The summed E-state index contributed by atoms with van der Waals surface area (Å²) in [5, 5.41) is 6.62. The van der Waals surface area contributed by atoms with Crippen molar-refractivity contribution >= 4 is 17.7 Å². The Morgan fingerprint density at radius 1 is 1.21 bits per heavy atom. The molecule has 0 aliphatic carbocycles. The number of ketones is 2. The second kappa shape index (κ2) is 9.18. The molecule has 0 radical (unpaired) electrons. The number of carbonyl (C=O) groups excluding carboxylic acids is 3. The highest BCUT2D eigenvalue weighted by Crippen LogP contribution is 2.27. The van der Waals surface area contributed by atoms with Crippen molar-refractivity contribution < 1.29 is 19.1 Å². The molecule has 0 unspecified atom stereocenters. The van der Waals surface area contributed by atoms with Gasteiger partial charge in [0, 0.05) is 12.0 Å². The van der Waals surface area contributed by atoms with Crippen LogP contribution in [0.2, 0.25) is 0 Å². The van der Waals surface area contributed by atoms with E-state index in [1.54, 1.807) is 0 Å². The Bertz CT molecular complexity index is 623. The lowest BCUT2D eigenvalue weighted by molar-refractivity contribution is -0.136. The van der Waals surface area contributed by atoms with E-state index in [1.165, 1.54) is 4.90 Å². The van der Waals surface area contributed by atoms with Crippen LogP contribution in [-0.4, -0.2) is 65.9 Å². The van der Waals surface area contributed by atoms with Gasteiger partial charge in [-0.05, 0) is 40.0 Å². The van der Waals surface area contributed by atoms with Crippen LogP contribution in [0.5, 0.6) is 0 Å². The number of ether oxygens (including phenoxy) is 1. The van der Waals surface area contributed by atoms with Gasteiger partial charge in [0.25, 0.3) is 0 Å². The SMILES string of the molecule is CC(C)N[C@]1(C)CCCC=CCOC(=O)N2CC(C(=O)C(C)C)(C2)NCC1=O. The van der Waals surface area contributed by atoms with Gasteiger partial charge in [-0.1, -0.05) is 26.0 Å². The second-order valence-electron chi connectivity index (χ2n) is 8.81. The van der Waals surface area contributed by atoms with Crippen LogP contribution in [0.15, 0.2) is 12.2 Å². The Morgan fingerprint density at radius 3 is 2.50 bits per heavy atom. The van der Waals surface area contributed by atoms with E-state index in [9.17, 15) is 14.4 Å². The molecule has 0 spiro atoms. The quantitative estimate of drug-likeness (QED) is 0.711. The predicted molar refractivity (Wildman–Crippen MR) is 108 cm³/mol. The Balaban J connectivity index is 2.22. The highest BCUT2D eigenvalue weighted by molar-refractivity contribution is 5.95. The molecule has 7 heteroatoms. The molecule has 2 N–H and O–H groups in total. The number of rotatable bonds is 4. The molecule has 1 saturated heterocycles. The number of allylic oxidation sites excluding steroid dienone is 1. The van der Waals surface area contributed by atoms with E-state index in [0.29, 0.717) is 6.42 Å². The van der Waals surface area contributed by atoms with Crippen LogP contribution in [0.4, 0.5) is 4.79 Å². The topological polar surface area (TPSA) is 87.7 Å². The summed E-state index contributed by atoms with van der Waals surface area (Å²) in [7, 11) is 0. The van der Waals surface area contributed by atoms with E-state index >= 15 is 0 Å². The molecule has 0 aromatic carbocycles. The summed E-state index contributed by atoms with van der Waals surface area (Å²) in [5.41, 5.74) is -1.54. The monoisotopic (exact) mass is 393 g/mol. The Kier molecular flexibility index (Phi) is 7.39. The lowest BCUT2D eigenvalue weighted by atomic mass is 9.80. The molecular formula is C21H35N3O4. The van der Waals surface area contributed by atoms with Crippen LogP contribution < -0.4 is 10.6 Å². The maximum absolute atomic E-state index is 13.1. The predicted octanol–water partition coefficient (Wildman–Crippen LogP) is 2.06. The molecule has 1 amide bonds. The Morgan fingerprint density at radius 2 is 1.89 bits per heavy atom. The number of nitrogens with one attached hydrogen (secondary N) is 2. The minimum Gasteiger partial charge on any atom is -0.445 e. The van der Waals surface area contributed by atoms with Crippen molar-refractivity contribution in [3.05, 3.63) is 12.2 Å². The largest absolute Gasteiger partial charge is 0.445 e. The van der Waals surface area contributed by atoms with Crippen molar-refractivity contribution in [1.29, 1.82) is 0 Å². The summed E-state index contributed by atoms with van der Waals surface area (Å²) >= 11 is 0. The molecule has 3 rings (SSSR count). The average Bonchev–Trinajstić information content (AvgIpc) is 2.58. The third-order valence-corrected chi connectivity index (χ3v) is 5.50. The van der Waals surface area contributed by atoms with Gasteiger partial charge in [-0.3, -0.25) is 14.9 Å². The number of Topliss-reactive ketones (excluding diaryl/α,β-unsaturated/α-hetero) is 2. The number of hydrogen-bond donors (Lipinski definition) is 2. The van der Waals surface area contributed by atoms with Gasteiger partial charge in [-0.15, -0.1) is 0 Å². The molecule has 2 bridgehead atoms. The Hall–Kier alpha value is -1.73. The minimum atomic E-state index is -0.877. The molecule has 3 aliphatic heterocycles. The maximum atomic E-state index is 13.1. The van der Waals surface area contributed by atoms with Crippen molar-refractivity contribution in [1.82, 2.24) is 15.5 Å². The molecule has 0 saturated carbocycles. The van der Waals surface area contributed by atoms with Crippen molar-refractivity contribution in [2.75, 3.05) is 26.2 Å². The van der Waals surface area contributed by atoms with E-state index in [4.69, 9.17) is 4.74 Å². The summed E-state index contributed by atoms with van der Waals surface area (Å²) in [6.07, 6.45) is 5.74. The van der Waals surface area contributed by atoms with Crippen molar-refractivity contribution in [2.45, 2.75) is 71.0 Å². The standard InChI is InChI=1S/C21H35N3O4/c1-15(2)18(26)21-13-24(14-21)19(27)28-11-9-7-6-8-10-20(5,23-16(3)4)17(25)12-22-21/h7,9,15-16,22-23H,6,8,10-14H2,1-5H3/t20-/m1/s1. The van der Waals surface area contributed by atoms with Crippen LogP contribution >= 0.6 is 0 Å². The molecule has 3 aliphatic rings. The molecule has 3 heterocycles. The fraction of sp³-hybridized carbons (Fsp3) is 0.762. The van der Waals surface area contributed by atoms with E-state index in [-0.39, 0.29) is 49.8 Å². The van der Waals surface area contributed by atoms with Gasteiger partial charge in [0.15, 0.2) is 11.6 Å². The van der Waals surface area contributed by atoms with Gasteiger partial charge in [-0.2, -0.15) is 0 Å². The molecule has 28 heavy (non-hydrogen) atoms. The zero-order valence-electron chi connectivity index (χ0n) is 17.8. The summed E-state index contributed by atoms with van der Waals surface area (Å²) in [5.74, 6) is -0.130. The van der Waals surface area contributed by atoms with Crippen LogP contribution in [0.25, 0.3) is 0 Å². The van der Waals surface area contributed by atoms with E-state index in [2.05, 4.69) is 10.6 Å². The smallest absolute Gasteiger partial charge is 0.410 e. The fourth-order valence-electron chi connectivity index (χ4n) is 3.99.